The van der Waals surface area contributed by atoms with E-state index in [0.717, 1.165) is 37.0 Å². The number of nitrogens with zero attached hydrogens (tertiary/aromatic N) is 2. The number of nitrogens with one attached hydrogen (secondary N) is 1. The fraction of sp³-hybridized carbons (Fsp3) is 0.529. The zero-order valence-electron chi connectivity index (χ0n) is 14.5. The molecule has 0 saturated heterocycles. The Hall–Kier alpha value is -1.42. The number of carboxylic acid groups (broad SMARTS) is 1. The van der Waals surface area contributed by atoms with Gasteiger partial charge in [0.05, 0.1) is 17.4 Å². The van der Waals surface area contributed by atoms with Crippen LogP contribution in [0.5, 0.6) is 0 Å². The average molecular weight is 430 g/mol. The predicted molar refractivity (Wildman–Crippen MR) is 102 cm³/mol. The van der Waals surface area contributed by atoms with Gasteiger partial charge < -0.3 is 5.11 Å². The average Bonchev–Trinajstić information content (AvgIpc) is 2.98. The van der Waals surface area contributed by atoms with Gasteiger partial charge in [-0.3, -0.25) is 4.79 Å². The Bertz CT molecular complexity index is 964. The molecule has 2 heterocycles. The molecule has 0 bridgehead atoms. The van der Waals surface area contributed by atoms with Gasteiger partial charge in [0.25, 0.3) is 10.0 Å². The highest BCUT2D eigenvalue weighted by molar-refractivity contribution is 7.91. The Morgan fingerprint density at radius 3 is 2.70 bits per heavy atom. The van der Waals surface area contributed by atoms with Crippen molar-refractivity contribution < 1.29 is 18.3 Å². The molecule has 2 saturated carbocycles. The molecule has 10 heteroatoms. The van der Waals surface area contributed by atoms with E-state index in [4.69, 9.17) is 11.6 Å². The minimum absolute atomic E-state index is 0.0686. The van der Waals surface area contributed by atoms with Crippen LogP contribution in [-0.2, 0) is 14.8 Å². The molecule has 27 heavy (non-hydrogen) atoms. The minimum Gasteiger partial charge on any atom is -0.480 e. The lowest BCUT2D eigenvalue weighted by atomic mass is 9.84. The number of halogens is 1. The van der Waals surface area contributed by atoms with Crippen molar-refractivity contribution in [2.24, 2.45) is 11.8 Å². The quantitative estimate of drug-likeness (QED) is 0.733. The Kier molecular flexibility index (Phi) is 4.82. The van der Waals surface area contributed by atoms with Gasteiger partial charge in [-0.15, -0.1) is 11.3 Å². The van der Waals surface area contributed by atoms with Crippen molar-refractivity contribution in [3.8, 4) is 5.00 Å². The summed E-state index contributed by atoms with van der Waals surface area (Å²) >= 11 is 6.87. The first-order valence-corrected chi connectivity index (χ1v) is 11.6. The van der Waals surface area contributed by atoms with E-state index >= 15 is 0 Å². The molecule has 0 aromatic carbocycles. The van der Waals surface area contributed by atoms with E-state index in [9.17, 15) is 18.3 Å². The zero-order chi connectivity index (χ0) is 19.2. The highest BCUT2D eigenvalue weighted by Crippen LogP contribution is 2.53. The van der Waals surface area contributed by atoms with E-state index in [1.165, 1.54) is 23.4 Å². The van der Waals surface area contributed by atoms with Crippen LogP contribution < -0.4 is 4.72 Å². The number of carbonyl (C=O) groups is 1. The Labute approximate surface area is 166 Å². The van der Waals surface area contributed by atoms with E-state index in [-0.39, 0.29) is 16.0 Å². The van der Waals surface area contributed by atoms with Gasteiger partial charge in [-0.2, -0.15) is 9.82 Å². The van der Waals surface area contributed by atoms with Crippen LogP contribution in [0.15, 0.2) is 28.7 Å². The Balaban J connectivity index is 1.55. The second-order valence-electron chi connectivity index (χ2n) is 7.29. The Morgan fingerprint density at radius 1 is 1.33 bits per heavy atom. The van der Waals surface area contributed by atoms with Gasteiger partial charge in [0.15, 0.2) is 0 Å². The van der Waals surface area contributed by atoms with Gasteiger partial charge in [0, 0.05) is 0 Å². The van der Waals surface area contributed by atoms with Crippen LogP contribution >= 0.6 is 22.9 Å². The maximum absolute atomic E-state index is 12.9. The summed E-state index contributed by atoms with van der Waals surface area (Å²) in [6.45, 7) is 0. The van der Waals surface area contributed by atoms with Crippen molar-refractivity contribution in [2.45, 2.75) is 48.3 Å². The second-order valence-corrected chi connectivity index (χ2v) is 10.7. The molecule has 2 fully saturated rings. The van der Waals surface area contributed by atoms with Crippen molar-refractivity contribution >= 4 is 38.9 Å². The van der Waals surface area contributed by atoms with Gasteiger partial charge in [-0.05, 0) is 30.4 Å². The molecular weight excluding hydrogens is 410 g/mol. The first-order valence-electron chi connectivity index (χ1n) is 8.89. The van der Waals surface area contributed by atoms with Crippen LogP contribution in [0.3, 0.4) is 0 Å². The molecule has 0 aliphatic heterocycles. The third-order valence-corrected chi connectivity index (χ3v) is 8.81. The van der Waals surface area contributed by atoms with E-state index in [2.05, 4.69) is 9.82 Å². The molecule has 4 rings (SSSR count). The molecule has 2 aliphatic rings. The number of hydrogen-bond donors (Lipinski definition) is 2. The maximum Gasteiger partial charge on any atom is 0.325 e. The molecule has 2 N–H and O–H groups in total. The van der Waals surface area contributed by atoms with Crippen LogP contribution in [-0.4, -0.2) is 34.8 Å². The van der Waals surface area contributed by atoms with Gasteiger partial charge in [-0.25, -0.2) is 13.1 Å². The number of sulfonamides is 1. The molecule has 7 nitrogen and oxygen atoms in total. The fourth-order valence-corrected chi connectivity index (χ4v) is 6.87. The monoisotopic (exact) mass is 429 g/mol. The third-order valence-electron chi connectivity index (χ3n) is 5.54. The van der Waals surface area contributed by atoms with Crippen LogP contribution in [0, 0.1) is 11.8 Å². The molecule has 0 spiro atoms. The van der Waals surface area contributed by atoms with E-state index in [0.29, 0.717) is 16.4 Å². The van der Waals surface area contributed by atoms with Crippen molar-refractivity contribution in [1.29, 1.82) is 0 Å². The van der Waals surface area contributed by atoms with Gasteiger partial charge >= 0.3 is 5.97 Å². The normalized spacial score (nSPS) is 26.2. The first kappa shape index (κ1) is 18.9. The summed E-state index contributed by atoms with van der Waals surface area (Å²) in [7, 11) is -3.94. The molecule has 0 amide bonds. The number of carboxylic acids is 1. The first-order chi connectivity index (χ1) is 12.8. The van der Waals surface area contributed by atoms with Crippen molar-refractivity contribution in [2.75, 3.05) is 0 Å². The van der Waals surface area contributed by atoms with Crippen LogP contribution in [0.2, 0.25) is 5.02 Å². The molecule has 2 aromatic rings. The molecule has 2 aromatic heterocycles. The topological polar surface area (TPSA) is 101 Å². The maximum atomic E-state index is 12.9. The number of thiophene rings is 1. The van der Waals surface area contributed by atoms with Crippen molar-refractivity contribution in [3.63, 3.8) is 0 Å². The van der Waals surface area contributed by atoms with Gasteiger partial charge in [0.1, 0.15) is 14.7 Å². The zero-order valence-corrected chi connectivity index (χ0v) is 16.9. The summed E-state index contributed by atoms with van der Waals surface area (Å²) in [5, 5.41) is 14.8. The van der Waals surface area contributed by atoms with Crippen LogP contribution in [0.1, 0.15) is 38.5 Å². The SMILES string of the molecule is O=C(O)[C@]1(NS(=O)(=O)c2ccc(-n3cc(Cl)cn3)s2)C[C@@H]1C1CCCCC1. The number of rotatable bonds is 6. The van der Waals surface area contributed by atoms with Crippen molar-refractivity contribution in [3.05, 3.63) is 29.5 Å². The van der Waals surface area contributed by atoms with E-state index in [1.807, 2.05) is 0 Å². The van der Waals surface area contributed by atoms with E-state index in [1.54, 1.807) is 12.3 Å². The van der Waals surface area contributed by atoms with Crippen molar-refractivity contribution in [1.82, 2.24) is 14.5 Å². The molecule has 2 atom stereocenters. The standard InChI is InChI=1S/C17H20ClN3O4S2/c18-12-9-19-21(10-12)14-6-7-15(26-14)27(24,25)20-17(16(22)23)8-13(17)11-4-2-1-3-5-11/h6-7,9-11,13,20H,1-5,8H2,(H,22,23)/t13-,17+/m1/s1. The highest BCUT2D eigenvalue weighted by atomic mass is 35.5. The molecule has 0 unspecified atom stereocenters. The second kappa shape index (κ2) is 6.88. The summed E-state index contributed by atoms with van der Waals surface area (Å²) in [5.74, 6) is -0.936. The molecular formula is C17H20ClN3O4S2. The number of hydrogen-bond acceptors (Lipinski definition) is 5. The summed E-state index contributed by atoms with van der Waals surface area (Å²) in [6.07, 6.45) is 8.70. The summed E-state index contributed by atoms with van der Waals surface area (Å²) in [5.41, 5.74) is -1.37. The van der Waals surface area contributed by atoms with Gasteiger partial charge in [0.2, 0.25) is 0 Å². The Morgan fingerprint density at radius 2 is 2.07 bits per heavy atom. The molecule has 146 valence electrons. The van der Waals surface area contributed by atoms with Gasteiger partial charge in [-0.1, -0.05) is 43.7 Å². The molecule has 2 aliphatic carbocycles. The minimum atomic E-state index is -3.94. The predicted octanol–water partition coefficient (Wildman–Crippen LogP) is 3.29. The summed E-state index contributed by atoms with van der Waals surface area (Å²) < 4.78 is 29.8. The fourth-order valence-electron chi connectivity index (χ4n) is 4.09. The van der Waals surface area contributed by atoms with Crippen LogP contribution in [0.4, 0.5) is 0 Å². The summed E-state index contributed by atoms with van der Waals surface area (Å²) in [4.78, 5) is 11.9. The lowest BCUT2D eigenvalue weighted by molar-refractivity contribution is -0.140. The third kappa shape index (κ3) is 3.53. The lowest BCUT2D eigenvalue weighted by Gasteiger charge is -2.24. The van der Waals surface area contributed by atoms with E-state index < -0.39 is 21.5 Å². The summed E-state index contributed by atoms with van der Waals surface area (Å²) in [6, 6.07) is 3.09. The van der Waals surface area contributed by atoms with Crippen LogP contribution in [0.25, 0.3) is 5.00 Å². The largest absolute Gasteiger partial charge is 0.480 e. The lowest BCUT2D eigenvalue weighted by Crippen LogP contribution is -2.45. The smallest absolute Gasteiger partial charge is 0.325 e. The molecule has 0 radical (unpaired) electrons. The number of aliphatic carboxylic acids is 1. The highest BCUT2D eigenvalue weighted by Gasteiger charge is 2.65. The number of aromatic nitrogens is 2.